The van der Waals surface area contributed by atoms with E-state index in [4.69, 9.17) is 9.47 Å². The third kappa shape index (κ3) is 15.5. The number of ketones is 2. The number of aliphatic hydroxyl groups is 2. The van der Waals surface area contributed by atoms with Gasteiger partial charge >= 0.3 is 0 Å². The van der Waals surface area contributed by atoms with Crippen molar-refractivity contribution in [2.75, 3.05) is 13.2 Å². The van der Waals surface area contributed by atoms with Crippen LogP contribution >= 0.6 is 0 Å². The van der Waals surface area contributed by atoms with Gasteiger partial charge in [0.25, 0.3) is 0 Å². The van der Waals surface area contributed by atoms with Crippen LogP contribution in [0.2, 0.25) is 0 Å². The van der Waals surface area contributed by atoms with E-state index < -0.39 is 12.2 Å². The van der Waals surface area contributed by atoms with Gasteiger partial charge in [-0.25, -0.2) is 0 Å². The lowest BCUT2D eigenvalue weighted by molar-refractivity contribution is 0.0918. The fourth-order valence-corrected chi connectivity index (χ4v) is 5.52. The molecule has 268 valence electrons. The highest BCUT2D eigenvalue weighted by atomic mass is 16.5. The van der Waals surface area contributed by atoms with Crippen LogP contribution in [0.15, 0.2) is 109 Å². The second-order valence-electron chi connectivity index (χ2n) is 12.7. The minimum Gasteiger partial charge on any atom is -0.490 e. The molecule has 0 radical (unpaired) electrons. The molecule has 2 unspecified atom stereocenters. The first kappa shape index (κ1) is 40.2. The Bertz CT molecular complexity index is 1390. The molecule has 0 heterocycles. The van der Waals surface area contributed by atoms with Crippen LogP contribution in [0.1, 0.15) is 110 Å². The Morgan fingerprint density at radius 2 is 0.880 bits per heavy atom. The summed E-state index contributed by atoms with van der Waals surface area (Å²) < 4.78 is 11.5. The molecule has 4 rings (SSSR count). The third-order valence-electron chi connectivity index (χ3n) is 8.49. The fourth-order valence-electron chi connectivity index (χ4n) is 5.52. The Balaban J connectivity index is 0.000000270. The highest BCUT2D eigenvalue weighted by molar-refractivity contribution is 5.99. The zero-order valence-electron chi connectivity index (χ0n) is 30.0. The Morgan fingerprint density at radius 3 is 1.26 bits per heavy atom. The van der Waals surface area contributed by atoms with E-state index in [1.165, 1.54) is 0 Å². The summed E-state index contributed by atoms with van der Waals surface area (Å²) in [5.41, 5.74) is 3.50. The van der Waals surface area contributed by atoms with Crippen molar-refractivity contribution in [3.05, 3.63) is 131 Å². The third-order valence-corrected chi connectivity index (χ3v) is 8.49. The summed E-state index contributed by atoms with van der Waals surface area (Å²) in [4.78, 5) is 25.1. The molecule has 0 fully saturated rings. The predicted octanol–water partition coefficient (Wildman–Crippen LogP) is 9.64. The maximum Gasteiger partial charge on any atom is 0.166 e. The van der Waals surface area contributed by atoms with Crippen molar-refractivity contribution in [3.8, 4) is 11.5 Å². The molecule has 4 aromatic rings. The molecular weight excluding hydrogens is 624 g/mol. The van der Waals surface area contributed by atoms with Crippen LogP contribution < -0.4 is 9.47 Å². The maximum atomic E-state index is 12.6. The normalized spacial score (nSPS) is 11.9. The first-order valence-electron chi connectivity index (χ1n) is 18.3. The summed E-state index contributed by atoms with van der Waals surface area (Å²) in [5.74, 6) is 1.27. The van der Waals surface area contributed by atoms with Gasteiger partial charge in [-0.3, -0.25) is 9.59 Å². The van der Waals surface area contributed by atoms with E-state index in [0.717, 1.165) is 62.5 Å². The van der Waals surface area contributed by atoms with E-state index in [9.17, 15) is 19.8 Å². The van der Waals surface area contributed by atoms with Crippen LogP contribution in [0.5, 0.6) is 11.5 Å². The average molecular weight is 681 g/mol. The van der Waals surface area contributed by atoms with Gasteiger partial charge in [-0.1, -0.05) is 137 Å². The maximum absolute atomic E-state index is 12.6. The van der Waals surface area contributed by atoms with E-state index in [1.807, 2.05) is 84.9 Å². The number of benzene rings is 4. The Kier molecular flexibility index (Phi) is 19.3. The van der Waals surface area contributed by atoms with Gasteiger partial charge in [0.1, 0.15) is 24.7 Å². The molecule has 0 aromatic heterocycles. The predicted molar refractivity (Wildman–Crippen MR) is 202 cm³/mol. The molecule has 0 saturated heterocycles. The van der Waals surface area contributed by atoms with E-state index in [0.29, 0.717) is 48.3 Å². The van der Waals surface area contributed by atoms with E-state index in [1.54, 1.807) is 24.3 Å². The SMILES string of the molecule is CCCCCC(O)COc1ccccc1C(=O)CCc1ccccc1.CCCCCC(O)COc1ccccc1C(=O)CCc1ccccc1. The van der Waals surface area contributed by atoms with E-state index >= 15 is 0 Å². The molecule has 6 nitrogen and oxygen atoms in total. The molecule has 50 heavy (non-hydrogen) atoms. The highest BCUT2D eigenvalue weighted by Gasteiger charge is 2.15. The molecular formula is C44H56O6. The smallest absolute Gasteiger partial charge is 0.166 e. The minimum atomic E-state index is -0.487. The lowest BCUT2D eigenvalue weighted by Gasteiger charge is -2.14. The van der Waals surface area contributed by atoms with Crippen molar-refractivity contribution in [3.63, 3.8) is 0 Å². The number of hydrogen-bond acceptors (Lipinski definition) is 6. The molecule has 0 spiro atoms. The zero-order valence-corrected chi connectivity index (χ0v) is 30.0. The molecule has 2 N–H and O–H groups in total. The lowest BCUT2D eigenvalue weighted by Crippen LogP contribution is -2.18. The summed E-state index contributed by atoms with van der Waals surface area (Å²) in [6, 6.07) is 34.6. The molecule has 6 heteroatoms. The fraction of sp³-hybridized carbons (Fsp3) is 0.409. The van der Waals surface area contributed by atoms with E-state index in [-0.39, 0.29) is 24.8 Å². The van der Waals surface area contributed by atoms with Gasteiger partial charge in [0.05, 0.1) is 23.3 Å². The van der Waals surface area contributed by atoms with Crippen molar-refractivity contribution >= 4 is 11.6 Å². The molecule has 0 amide bonds. The number of Topliss-reactive ketones (excluding diaryl/α,β-unsaturated/α-hetero) is 2. The standard InChI is InChI=1S/2C22H28O3/c2*1-2-3-5-12-19(23)17-25-22-14-9-8-13-20(22)21(24)16-15-18-10-6-4-7-11-18/h2*4,6-11,13-14,19,23H,2-3,5,12,15-17H2,1H3. The van der Waals surface area contributed by atoms with Crippen LogP contribution in [0.4, 0.5) is 0 Å². The summed E-state index contributed by atoms with van der Waals surface area (Å²) in [5, 5.41) is 20.0. The first-order chi connectivity index (χ1) is 24.4. The number of carbonyl (C=O) groups excluding carboxylic acids is 2. The summed E-state index contributed by atoms with van der Waals surface area (Å²) in [6.07, 6.45) is 9.32. The summed E-state index contributed by atoms with van der Waals surface area (Å²) in [7, 11) is 0. The van der Waals surface area contributed by atoms with Crippen LogP contribution in [0.25, 0.3) is 0 Å². The number of carbonyl (C=O) groups is 2. The molecule has 0 aliphatic rings. The highest BCUT2D eigenvalue weighted by Crippen LogP contribution is 2.23. The van der Waals surface area contributed by atoms with Crippen molar-refractivity contribution < 1.29 is 29.3 Å². The second-order valence-corrected chi connectivity index (χ2v) is 12.7. The molecule has 2 atom stereocenters. The number of rotatable bonds is 22. The zero-order chi connectivity index (χ0) is 35.8. The first-order valence-corrected chi connectivity index (χ1v) is 18.3. The molecule has 0 aliphatic heterocycles. The number of aliphatic hydroxyl groups excluding tert-OH is 2. The summed E-state index contributed by atoms with van der Waals surface area (Å²) in [6.45, 7) is 4.74. The van der Waals surface area contributed by atoms with Gasteiger partial charge in [-0.05, 0) is 61.1 Å². The number of hydrogen-bond donors (Lipinski definition) is 2. The topological polar surface area (TPSA) is 93.1 Å². The molecule has 0 saturated carbocycles. The van der Waals surface area contributed by atoms with Crippen LogP contribution in [0.3, 0.4) is 0 Å². The van der Waals surface area contributed by atoms with Crippen molar-refractivity contribution in [2.24, 2.45) is 0 Å². The molecule has 0 aliphatic carbocycles. The van der Waals surface area contributed by atoms with Crippen LogP contribution in [-0.2, 0) is 12.8 Å². The van der Waals surface area contributed by atoms with Crippen molar-refractivity contribution in [2.45, 2.75) is 103 Å². The number of ether oxygens (including phenoxy) is 2. The quantitative estimate of drug-likeness (QED) is 0.0634. The largest absolute Gasteiger partial charge is 0.490 e. The average Bonchev–Trinajstić information content (AvgIpc) is 3.16. The molecule has 4 aromatic carbocycles. The molecule has 0 bridgehead atoms. The van der Waals surface area contributed by atoms with Gasteiger partial charge in [-0.2, -0.15) is 0 Å². The lowest BCUT2D eigenvalue weighted by atomic mass is 10.0. The minimum absolute atomic E-state index is 0.0694. The van der Waals surface area contributed by atoms with Gasteiger partial charge in [0, 0.05) is 12.8 Å². The number of aryl methyl sites for hydroxylation is 2. The van der Waals surface area contributed by atoms with Gasteiger partial charge < -0.3 is 19.7 Å². The van der Waals surface area contributed by atoms with E-state index in [2.05, 4.69) is 13.8 Å². The monoisotopic (exact) mass is 680 g/mol. The Morgan fingerprint density at radius 1 is 0.520 bits per heavy atom. The Labute approximate surface area is 299 Å². The van der Waals surface area contributed by atoms with Crippen LogP contribution in [0, 0.1) is 0 Å². The second kappa shape index (κ2) is 24.0. The van der Waals surface area contributed by atoms with Gasteiger partial charge in [-0.15, -0.1) is 0 Å². The number of unbranched alkanes of at least 4 members (excludes halogenated alkanes) is 4. The van der Waals surface area contributed by atoms with Gasteiger partial charge in [0.15, 0.2) is 11.6 Å². The van der Waals surface area contributed by atoms with Gasteiger partial charge in [0.2, 0.25) is 0 Å². The van der Waals surface area contributed by atoms with Crippen molar-refractivity contribution in [1.29, 1.82) is 0 Å². The number of para-hydroxylation sites is 2. The van der Waals surface area contributed by atoms with Crippen LogP contribution in [-0.4, -0.2) is 47.2 Å². The summed E-state index contributed by atoms with van der Waals surface area (Å²) >= 11 is 0. The Hall–Kier alpha value is -4.26. The van der Waals surface area contributed by atoms with Crippen molar-refractivity contribution in [1.82, 2.24) is 0 Å².